The highest BCUT2D eigenvalue weighted by Crippen LogP contribution is 2.41. The van der Waals surface area contributed by atoms with Crippen LogP contribution in [0.3, 0.4) is 0 Å². The third-order valence-corrected chi connectivity index (χ3v) is 11.0. The van der Waals surface area contributed by atoms with E-state index in [1.165, 1.54) is 38.2 Å². The molecule has 264 valence electrons. The molecule has 1 aliphatic rings. The molecule has 6 nitrogen and oxygen atoms in total. The van der Waals surface area contributed by atoms with Crippen molar-refractivity contribution in [2.75, 3.05) is 0 Å². The minimum absolute atomic E-state index is 0.598. The SMILES string of the molecule is C1=C(c2ccccc2)CCC(c2nc(-c3ccccc3)nc(-c3ccc(-n4c5ccccc5c5ccc6c7ccccc7n(-c7ccccc7)c6c54)nc3)n2)=C1. The molecule has 10 aromatic rings. The monoisotopic (exact) mass is 718 g/mol. The zero-order valence-corrected chi connectivity index (χ0v) is 30.4. The third kappa shape index (κ3) is 5.26. The molecule has 0 saturated heterocycles. The summed E-state index contributed by atoms with van der Waals surface area (Å²) >= 11 is 0. The highest BCUT2D eigenvalue weighted by molar-refractivity contribution is 6.23. The van der Waals surface area contributed by atoms with E-state index in [0.29, 0.717) is 17.5 Å². The average Bonchev–Trinajstić information content (AvgIpc) is 3.80. The number of benzene rings is 6. The van der Waals surface area contributed by atoms with Crippen molar-refractivity contribution in [1.29, 1.82) is 0 Å². The molecule has 6 aromatic carbocycles. The Hall–Kier alpha value is -7.44. The van der Waals surface area contributed by atoms with Crippen molar-refractivity contribution in [3.63, 3.8) is 0 Å². The van der Waals surface area contributed by atoms with Crippen molar-refractivity contribution in [2.24, 2.45) is 0 Å². The van der Waals surface area contributed by atoms with Crippen molar-refractivity contribution in [2.45, 2.75) is 12.8 Å². The first-order valence-corrected chi connectivity index (χ1v) is 19.0. The van der Waals surface area contributed by atoms with Crippen molar-refractivity contribution in [3.8, 4) is 34.3 Å². The Kier molecular flexibility index (Phi) is 7.52. The number of nitrogens with zero attached hydrogens (tertiary/aromatic N) is 6. The van der Waals surface area contributed by atoms with Crippen LogP contribution in [-0.4, -0.2) is 29.1 Å². The maximum absolute atomic E-state index is 5.18. The van der Waals surface area contributed by atoms with Gasteiger partial charge in [-0.3, -0.25) is 4.57 Å². The quantitative estimate of drug-likeness (QED) is 0.172. The van der Waals surface area contributed by atoms with E-state index < -0.39 is 0 Å². The number of hydrogen-bond acceptors (Lipinski definition) is 4. The summed E-state index contributed by atoms with van der Waals surface area (Å²) in [6.45, 7) is 0. The topological polar surface area (TPSA) is 61.4 Å². The highest BCUT2D eigenvalue weighted by Gasteiger charge is 2.22. The van der Waals surface area contributed by atoms with Crippen LogP contribution in [0.15, 0.2) is 182 Å². The Bertz CT molecular complexity index is 3160. The van der Waals surface area contributed by atoms with Gasteiger partial charge in [-0.1, -0.05) is 140 Å². The number of fused-ring (bicyclic) bond motifs is 7. The number of allylic oxidation sites excluding steroid dienone is 4. The van der Waals surface area contributed by atoms with E-state index >= 15 is 0 Å². The molecule has 0 atom stereocenters. The maximum atomic E-state index is 5.18. The molecule has 0 radical (unpaired) electrons. The van der Waals surface area contributed by atoms with E-state index in [1.54, 1.807) is 0 Å². The molecule has 11 rings (SSSR count). The van der Waals surface area contributed by atoms with Gasteiger partial charge in [-0.05, 0) is 65.9 Å². The largest absolute Gasteiger partial charge is 0.307 e. The lowest BCUT2D eigenvalue weighted by molar-refractivity contribution is 0.982. The number of hydrogen-bond donors (Lipinski definition) is 0. The van der Waals surface area contributed by atoms with Crippen LogP contribution in [0.2, 0.25) is 0 Å². The summed E-state index contributed by atoms with van der Waals surface area (Å²) in [7, 11) is 0. The lowest BCUT2D eigenvalue weighted by Crippen LogP contribution is -2.05. The van der Waals surface area contributed by atoms with Gasteiger partial charge in [0.15, 0.2) is 17.5 Å². The van der Waals surface area contributed by atoms with Gasteiger partial charge in [0.1, 0.15) is 5.82 Å². The fourth-order valence-electron chi connectivity index (χ4n) is 8.32. The molecule has 4 aromatic heterocycles. The number of aromatic nitrogens is 6. The number of pyridine rings is 1. The van der Waals surface area contributed by atoms with E-state index in [1.807, 2.05) is 36.5 Å². The predicted octanol–water partition coefficient (Wildman–Crippen LogP) is 12.1. The van der Waals surface area contributed by atoms with E-state index in [4.69, 9.17) is 19.9 Å². The van der Waals surface area contributed by atoms with Crippen molar-refractivity contribution in [1.82, 2.24) is 29.1 Å². The Labute approximate surface area is 323 Å². The first-order valence-electron chi connectivity index (χ1n) is 19.0. The molecular formula is C50H34N6. The van der Waals surface area contributed by atoms with E-state index in [2.05, 4.69) is 155 Å². The fraction of sp³-hybridized carbons (Fsp3) is 0.0400. The van der Waals surface area contributed by atoms with Crippen LogP contribution < -0.4 is 0 Å². The highest BCUT2D eigenvalue weighted by atomic mass is 15.1. The summed E-state index contributed by atoms with van der Waals surface area (Å²) in [5, 5.41) is 4.78. The second kappa shape index (κ2) is 13.1. The summed E-state index contributed by atoms with van der Waals surface area (Å²) in [4.78, 5) is 20.3. The lowest BCUT2D eigenvalue weighted by Gasteiger charge is -2.16. The van der Waals surface area contributed by atoms with Crippen molar-refractivity contribution in [3.05, 3.63) is 194 Å². The normalized spacial score (nSPS) is 13.1. The molecule has 0 saturated carbocycles. The van der Waals surface area contributed by atoms with Crippen LogP contribution in [0, 0.1) is 0 Å². The van der Waals surface area contributed by atoms with Crippen LogP contribution >= 0.6 is 0 Å². The smallest absolute Gasteiger partial charge is 0.165 e. The Morgan fingerprint density at radius 3 is 1.52 bits per heavy atom. The van der Waals surface area contributed by atoms with Gasteiger partial charge >= 0.3 is 0 Å². The van der Waals surface area contributed by atoms with Crippen LogP contribution in [0.5, 0.6) is 0 Å². The molecule has 0 spiro atoms. The molecule has 6 heteroatoms. The fourth-order valence-corrected chi connectivity index (χ4v) is 8.32. The molecule has 0 bridgehead atoms. The first kappa shape index (κ1) is 32.0. The third-order valence-electron chi connectivity index (χ3n) is 11.0. The van der Waals surface area contributed by atoms with E-state index in [0.717, 1.165) is 57.6 Å². The van der Waals surface area contributed by atoms with Gasteiger partial charge in [-0.2, -0.15) is 0 Å². The van der Waals surface area contributed by atoms with Gasteiger partial charge < -0.3 is 4.57 Å². The summed E-state index contributed by atoms with van der Waals surface area (Å²) < 4.78 is 4.71. The molecule has 0 fully saturated rings. The van der Waals surface area contributed by atoms with Gasteiger partial charge in [0, 0.05) is 44.6 Å². The predicted molar refractivity (Wildman–Crippen MR) is 229 cm³/mol. The second-order valence-corrected chi connectivity index (χ2v) is 14.2. The van der Waals surface area contributed by atoms with Crippen LogP contribution in [0.4, 0.5) is 0 Å². The minimum Gasteiger partial charge on any atom is -0.307 e. The molecule has 4 heterocycles. The Balaban J connectivity index is 1.08. The van der Waals surface area contributed by atoms with Gasteiger partial charge in [0.2, 0.25) is 0 Å². The van der Waals surface area contributed by atoms with Gasteiger partial charge in [0.25, 0.3) is 0 Å². The van der Waals surface area contributed by atoms with Gasteiger partial charge in [0.05, 0.1) is 22.1 Å². The second-order valence-electron chi connectivity index (χ2n) is 14.2. The molecule has 0 unspecified atom stereocenters. The van der Waals surface area contributed by atoms with Gasteiger partial charge in [-0.15, -0.1) is 0 Å². The van der Waals surface area contributed by atoms with Crippen LogP contribution in [0.1, 0.15) is 24.2 Å². The van der Waals surface area contributed by atoms with Crippen molar-refractivity contribution < 1.29 is 0 Å². The molecular weight excluding hydrogens is 685 g/mol. The summed E-state index contributed by atoms with van der Waals surface area (Å²) in [6, 6.07) is 57.3. The molecule has 0 aliphatic heterocycles. The van der Waals surface area contributed by atoms with E-state index in [9.17, 15) is 0 Å². The molecule has 56 heavy (non-hydrogen) atoms. The van der Waals surface area contributed by atoms with E-state index in [-0.39, 0.29) is 0 Å². The average molecular weight is 719 g/mol. The number of para-hydroxylation sites is 3. The summed E-state index contributed by atoms with van der Waals surface area (Å²) in [5.41, 5.74) is 11.1. The van der Waals surface area contributed by atoms with Crippen molar-refractivity contribution >= 4 is 54.8 Å². The Morgan fingerprint density at radius 1 is 0.375 bits per heavy atom. The van der Waals surface area contributed by atoms with Crippen LogP contribution in [-0.2, 0) is 0 Å². The lowest BCUT2D eigenvalue weighted by atomic mass is 9.93. The summed E-state index contributed by atoms with van der Waals surface area (Å²) in [5.74, 6) is 2.76. The number of rotatable bonds is 6. The molecule has 0 amide bonds. The van der Waals surface area contributed by atoms with Crippen LogP contribution in [0.25, 0.3) is 89.0 Å². The minimum atomic E-state index is 0.598. The zero-order chi connectivity index (χ0) is 37.0. The standard InChI is InChI=1S/C50H34N6/c1-4-14-33(15-5-1)34-24-26-36(27-25-34)49-52-48(35-16-6-2-7-17-35)53-50(54-49)37-28-31-45(51-32-37)56-44-23-13-11-21-40(44)42-30-29-41-39-20-10-12-22-43(39)55(46(41)47(42)56)38-18-8-3-9-19-38/h1-24,26,28-32H,25,27H2. The Morgan fingerprint density at radius 2 is 0.893 bits per heavy atom. The zero-order valence-electron chi connectivity index (χ0n) is 30.4. The van der Waals surface area contributed by atoms with Gasteiger partial charge in [-0.25, -0.2) is 19.9 Å². The summed E-state index contributed by atoms with van der Waals surface area (Å²) in [6.07, 6.45) is 8.04. The first-order chi connectivity index (χ1) is 27.8. The molecule has 0 N–H and O–H groups in total. The molecule has 1 aliphatic carbocycles. The maximum Gasteiger partial charge on any atom is 0.165 e.